The highest BCUT2D eigenvalue weighted by atomic mass is 35.5. The molecule has 1 fully saturated rings. The third kappa shape index (κ3) is 3.92. The molecule has 0 aliphatic carbocycles. The first-order chi connectivity index (χ1) is 9.81. The summed E-state index contributed by atoms with van der Waals surface area (Å²) in [6.07, 6.45) is 0.513. The first-order valence-electron chi connectivity index (χ1n) is 6.30. The summed E-state index contributed by atoms with van der Waals surface area (Å²) >= 11 is 5.94. The van der Waals surface area contributed by atoms with Gasteiger partial charge in [0.2, 0.25) is 10.0 Å². The zero-order valence-electron chi connectivity index (χ0n) is 11.1. The molecule has 1 aliphatic heterocycles. The van der Waals surface area contributed by atoms with Crippen LogP contribution in [0.5, 0.6) is 0 Å². The molecule has 0 radical (unpaired) electrons. The van der Waals surface area contributed by atoms with Crippen LogP contribution >= 0.6 is 11.6 Å². The molecule has 9 heteroatoms. The number of carbonyl (C=O) groups is 1. The highest BCUT2D eigenvalue weighted by Gasteiger charge is 2.30. The van der Waals surface area contributed by atoms with E-state index in [0.29, 0.717) is 19.4 Å². The number of nitrogens with one attached hydrogen (secondary N) is 1. The van der Waals surface area contributed by atoms with Crippen LogP contribution in [0.4, 0.5) is 5.69 Å². The van der Waals surface area contributed by atoms with E-state index in [1.807, 2.05) is 0 Å². The minimum Gasteiger partial charge on any atom is -0.364 e. The van der Waals surface area contributed by atoms with Gasteiger partial charge in [0, 0.05) is 6.54 Å². The lowest BCUT2D eigenvalue weighted by atomic mass is 10.2. The molecule has 7 nitrogen and oxygen atoms in total. The largest absolute Gasteiger partial charge is 0.364 e. The Morgan fingerprint density at radius 2 is 2.14 bits per heavy atom. The SMILES string of the molecule is NCC1CCC(C(=O)Nc2cc(S(N)(=O)=O)ccc2Cl)O1. The average molecular weight is 334 g/mol. The van der Waals surface area contributed by atoms with Crippen molar-refractivity contribution in [2.24, 2.45) is 10.9 Å². The number of nitrogens with two attached hydrogens (primary N) is 2. The molecule has 1 aromatic rings. The highest BCUT2D eigenvalue weighted by molar-refractivity contribution is 7.89. The van der Waals surface area contributed by atoms with Gasteiger partial charge in [-0.2, -0.15) is 0 Å². The lowest BCUT2D eigenvalue weighted by Crippen LogP contribution is -2.30. The number of rotatable bonds is 4. The summed E-state index contributed by atoms with van der Waals surface area (Å²) in [6.45, 7) is 0.353. The summed E-state index contributed by atoms with van der Waals surface area (Å²) in [6, 6.07) is 3.84. The molecule has 2 atom stereocenters. The van der Waals surface area contributed by atoms with Crippen LogP contribution in [-0.2, 0) is 19.6 Å². The summed E-state index contributed by atoms with van der Waals surface area (Å²) in [5.74, 6) is -0.389. The topological polar surface area (TPSA) is 125 Å². The molecule has 0 saturated carbocycles. The Morgan fingerprint density at radius 3 is 2.71 bits per heavy atom. The van der Waals surface area contributed by atoms with Crippen LogP contribution < -0.4 is 16.2 Å². The van der Waals surface area contributed by atoms with Gasteiger partial charge in [0.05, 0.1) is 21.7 Å². The first-order valence-corrected chi connectivity index (χ1v) is 8.22. The van der Waals surface area contributed by atoms with Gasteiger partial charge in [-0.1, -0.05) is 11.6 Å². The smallest absolute Gasteiger partial charge is 0.253 e. The van der Waals surface area contributed by atoms with Crippen LogP contribution in [0.3, 0.4) is 0 Å². The molecule has 1 saturated heterocycles. The van der Waals surface area contributed by atoms with Gasteiger partial charge in [-0.3, -0.25) is 4.79 Å². The van der Waals surface area contributed by atoms with E-state index in [1.54, 1.807) is 0 Å². The van der Waals surface area contributed by atoms with Crippen molar-refractivity contribution in [3.05, 3.63) is 23.2 Å². The molecule has 21 heavy (non-hydrogen) atoms. The molecule has 0 bridgehead atoms. The number of primary sulfonamides is 1. The van der Waals surface area contributed by atoms with Crippen molar-refractivity contribution in [1.82, 2.24) is 0 Å². The van der Waals surface area contributed by atoms with E-state index in [2.05, 4.69) is 5.32 Å². The summed E-state index contributed by atoms with van der Waals surface area (Å²) in [5.41, 5.74) is 5.66. The summed E-state index contributed by atoms with van der Waals surface area (Å²) in [5, 5.41) is 7.81. The van der Waals surface area contributed by atoms with Gasteiger partial charge in [-0.15, -0.1) is 0 Å². The van der Waals surface area contributed by atoms with E-state index in [1.165, 1.54) is 18.2 Å². The Labute approximate surface area is 127 Å². The third-order valence-corrected chi connectivity index (χ3v) is 4.43. The maximum Gasteiger partial charge on any atom is 0.253 e. The van der Waals surface area contributed by atoms with Crippen LogP contribution in [0, 0.1) is 0 Å². The minimum absolute atomic E-state index is 0.130. The predicted molar refractivity (Wildman–Crippen MR) is 78.4 cm³/mol. The van der Waals surface area contributed by atoms with Crippen LogP contribution in [0.1, 0.15) is 12.8 Å². The minimum atomic E-state index is -3.87. The molecular weight excluding hydrogens is 318 g/mol. The highest BCUT2D eigenvalue weighted by Crippen LogP contribution is 2.26. The van der Waals surface area contributed by atoms with Crippen molar-refractivity contribution in [2.75, 3.05) is 11.9 Å². The fourth-order valence-corrected chi connectivity index (χ4v) is 2.77. The fourth-order valence-electron chi connectivity index (χ4n) is 2.06. The molecule has 116 valence electrons. The number of anilines is 1. The zero-order chi connectivity index (χ0) is 15.6. The number of hydrogen-bond donors (Lipinski definition) is 3. The summed E-state index contributed by atoms with van der Waals surface area (Å²) < 4.78 is 28.1. The Hall–Kier alpha value is -1.19. The van der Waals surface area contributed by atoms with E-state index in [0.717, 1.165) is 0 Å². The maximum absolute atomic E-state index is 12.1. The number of amides is 1. The van der Waals surface area contributed by atoms with Crippen molar-refractivity contribution in [3.8, 4) is 0 Å². The van der Waals surface area contributed by atoms with Crippen molar-refractivity contribution in [3.63, 3.8) is 0 Å². The Balaban J connectivity index is 2.14. The molecule has 2 rings (SSSR count). The van der Waals surface area contributed by atoms with Gasteiger partial charge < -0.3 is 15.8 Å². The Morgan fingerprint density at radius 1 is 1.43 bits per heavy atom. The van der Waals surface area contributed by atoms with Crippen LogP contribution in [-0.4, -0.2) is 33.1 Å². The Kier molecular flexibility index (Phi) is 4.84. The number of benzene rings is 1. The second-order valence-corrected chi connectivity index (χ2v) is 6.70. The van der Waals surface area contributed by atoms with Gasteiger partial charge in [-0.25, -0.2) is 13.6 Å². The lowest BCUT2D eigenvalue weighted by Gasteiger charge is -2.14. The van der Waals surface area contributed by atoms with Crippen LogP contribution in [0.25, 0.3) is 0 Å². The molecule has 1 aliphatic rings. The number of sulfonamides is 1. The first kappa shape index (κ1) is 16.2. The monoisotopic (exact) mass is 333 g/mol. The normalized spacial score (nSPS) is 22.2. The molecule has 5 N–H and O–H groups in total. The lowest BCUT2D eigenvalue weighted by molar-refractivity contribution is -0.126. The van der Waals surface area contributed by atoms with E-state index in [9.17, 15) is 13.2 Å². The van der Waals surface area contributed by atoms with Gasteiger partial charge >= 0.3 is 0 Å². The molecule has 1 aromatic carbocycles. The van der Waals surface area contributed by atoms with Crippen LogP contribution in [0.15, 0.2) is 23.1 Å². The predicted octanol–water partition coefficient (Wildman–Crippen LogP) is 0.432. The van der Waals surface area contributed by atoms with Crippen molar-refractivity contribution < 1.29 is 17.9 Å². The van der Waals surface area contributed by atoms with Gasteiger partial charge in [0.25, 0.3) is 5.91 Å². The van der Waals surface area contributed by atoms with Crippen LogP contribution in [0.2, 0.25) is 5.02 Å². The zero-order valence-corrected chi connectivity index (χ0v) is 12.7. The van der Waals surface area contributed by atoms with E-state index in [4.69, 9.17) is 27.2 Å². The molecular formula is C12H16ClN3O4S. The van der Waals surface area contributed by atoms with E-state index in [-0.39, 0.29) is 27.6 Å². The maximum atomic E-state index is 12.1. The van der Waals surface area contributed by atoms with Gasteiger partial charge in [0.1, 0.15) is 6.10 Å². The molecule has 2 unspecified atom stereocenters. The molecule has 1 amide bonds. The van der Waals surface area contributed by atoms with E-state index >= 15 is 0 Å². The average Bonchev–Trinajstić information content (AvgIpc) is 2.88. The number of ether oxygens (including phenoxy) is 1. The summed E-state index contributed by atoms with van der Waals surface area (Å²) in [4.78, 5) is 11.9. The Bertz CT molecular complexity index is 650. The van der Waals surface area contributed by atoms with Gasteiger partial charge in [-0.05, 0) is 31.0 Å². The second-order valence-electron chi connectivity index (χ2n) is 4.74. The van der Waals surface area contributed by atoms with Crippen molar-refractivity contribution >= 4 is 33.2 Å². The number of carbonyl (C=O) groups excluding carboxylic acids is 1. The number of halogens is 1. The van der Waals surface area contributed by atoms with Gasteiger partial charge in [0.15, 0.2) is 0 Å². The van der Waals surface area contributed by atoms with Crippen molar-refractivity contribution in [1.29, 1.82) is 0 Å². The third-order valence-electron chi connectivity index (χ3n) is 3.19. The fraction of sp³-hybridized carbons (Fsp3) is 0.417. The molecule has 0 aromatic heterocycles. The quantitative estimate of drug-likeness (QED) is 0.737. The molecule has 0 spiro atoms. The van der Waals surface area contributed by atoms with E-state index < -0.39 is 16.1 Å². The summed E-state index contributed by atoms with van der Waals surface area (Å²) in [7, 11) is -3.87. The molecule has 1 heterocycles. The second kappa shape index (κ2) is 6.29. The standard InChI is InChI=1S/C12H16ClN3O4S/c13-9-3-2-8(21(15,18)19)5-10(9)16-12(17)11-4-1-7(6-14)20-11/h2-3,5,7,11H,1,4,6,14H2,(H,16,17)(H2,15,18,19). The van der Waals surface area contributed by atoms with Crippen molar-refractivity contribution in [2.45, 2.75) is 29.9 Å². The number of hydrogen-bond acceptors (Lipinski definition) is 5.